The van der Waals surface area contributed by atoms with Gasteiger partial charge >= 0.3 is 5.69 Å². The first-order valence-electron chi connectivity index (χ1n) is 5.72. The van der Waals surface area contributed by atoms with Gasteiger partial charge in [-0.15, -0.1) is 0 Å². The normalized spacial score (nSPS) is 12.8. The highest BCUT2D eigenvalue weighted by atomic mass is 16.5. The van der Waals surface area contributed by atoms with Crippen LogP contribution in [0.1, 0.15) is 6.23 Å². The number of nitrogens with zero attached hydrogens (tertiary/aromatic N) is 7. The van der Waals surface area contributed by atoms with Gasteiger partial charge in [-0.1, -0.05) is 10.2 Å². The van der Waals surface area contributed by atoms with Gasteiger partial charge in [0.2, 0.25) is 0 Å². The van der Waals surface area contributed by atoms with E-state index in [0.29, 0.717) is 0 Å². The minimum absolute atomic E-state index is 0.169. The lowest BCUT2D eigenvalue weighted by atomic mass is 10.3. The maximum Gasteiger partial charge on any atom is 0.330 e. The number of aliphatic hydroxyl groups excluding tert-OH is 1. The number of azide groups is 2. The molecule has 112 valence electrons. The number of aromatic amines is 1. The van der Waals surface area contributed by atoms with E-state index in [4.69, 9.17) is 20.9 Å². The van der Waals surface area contributed by atoms with Crippen LogP contribution in [0.15, 0.2) is 32.1 Å². The molecule has 0 fully saturated rings. The third-order valence-corrected chi connectivity index (χ3v) is 2.36. The fraction of sp³-hybridized carbons (Fsp3) is 0.556. The summed E-state index contributed by atoms with van der Waals surface area (Å²) in [7, 11) is 0. The average molecular weight is 296 g/mol. The van der Waals surface area contributed by atoms with E-state index in [2.05, 4.69) is 20.1 Å². The first kappa shape index (κ1) is 16.3. The van der Waals surface area contributed by atoms with Crippen molar-refractivity contribution in [3.8, 4) is 0 Å². The summed E-state index contributed by atoms with van der Waals surface area (Å²) in [5.41, 5.74) is 15.2. The summed E-state index contributed by atoms with van der Waals surface area (Å²) in [6.07, 6.45) is -0.782. The molecule has 0 aromatic carbocycles. The van der Waals surface area contributed by atoms with Crippen molar-refractivity contribution in [2.45, 2.75) is 12.3 Å². The predicted octanol–water partition coefficient (Wildman–Crippen LogP) is 0.0333. The van der Waals surface area contributed by atoms with Crippen LogP contribution in [0.25, 0.3) is 20.9 Å². The zero-order valence-corrected chi connectivity index (χ0v) is 10.7. The molecule has 12 nitrogen and oxygen atoms in total. The van der Waals surface area contributed by atoms with Gasteiger partial charge in [0.15, 0.2) is 0 Å². The monoisotopic (exact) mass is 296 g/mol. The Morgan fingerprint density at radius 1 is 1.33 bits per heavy atom. The maximum atomic E-state index is 11.7. The van der Waals surface area contributed by atoms with Crippen LogP contribution < -0.4 is 11.2 Å². The van der Waals surface area contributed by atoms with Crippen LogP contribution in [0, 0.1) is 0 Å². The van der Waals surface area contributed by atoms with Crippen LogP contribution >= 0.6 is 0 Å². The summed E-state index contributed by atoms with van der Waals surface area (Å²) in [5.74, 6) is 0. The summed E-state index contributed by atoms with van der Waals surface area (Å²) >= 11 is 0. The van der Waals surface area contributed by atoms with Crippen molar-refractivity contribution in [2.75, 3.05) is 19.7 Å². The van der Waals surface area contributed by atoms with Gasteiger partial charge in [0.05, 0.1) is 25.8 Å². The third kappa shape index (κ3) is 5.01. The Morgan fingerprint density at radius 3 is 2.57 bits per heavy atom. The largest absolute Gasteiger partial charge is 0.394 e. The van der Waals surface area contributed by atoms with Gasteiger partial charge in [-0.25, -0.2) is 4.79 Å². The van der Waals surface area contributed by atoms with E-state index in [9.17, 15) is 9.59 Å². The van der Waals surface area contributed by atoms with E-state index in [1.54, 1.807) is 0 Å². The number of hydrogen-bond donors (Lipinski definition) is 2. The molecule has 2 atom stereocenters. The Labute approximate surface area is 116 Å². The molecule has 0 aliphatic heterocycles. The number of nitrogens with one attached hydrogen (secondary N) is 1. The van der Waals surface area contributed by atoms with Gasteiger partial charge in [-0.2, -0.15) is 0 Å². The van der Waals surface area contributed by atoms with E-state index in [0.717, 1.165) is 10.6 Å². The highest BCUT2D eigenvalue weighted by molar-refractivity contribution is 4.85. The van der Waals surface area contributed by atoms with Crippen molar-refractivity contribution in [1.82, 2.24) is 9.55 Å². The molecular formula is C9H12N8O4. The highest BCUT2D eigenvalue weighted by Crippen LogP contribution is 2.10. The zero-order chi connectivity index (χ0) is 15.7. The van der Waals surface area contributed by atoms with E-state index in [1.807, 2.05) is 4.98 Å². The third-order valence-electron chi connectivity index (χ3n) is 2.36. The van der Waals surface area contributed by atoms with Crippen molar-refractivity contribution < 1.29 is 9.84 Å². The number of ether oxygens (including phenoxy) is 1. The van der Waals surface area contributed by atoms with E-state index in [1.165, 1.54) is 6.20 Å². The molecule has 2 N–H and O–H groups in total. The molecule has 0 aliphatic rings. The fourth-order valence-electron chi connectivity index (χ4n) is 1.45. The Balaban J connectivity index is 3.03. The number of H-pyrrole nitrogens is 1. The molecule has 0 amide bonds. The second-order valence-corrected chi connectivity index (χ2v) is 3.74. The van der Waals surface area contributed by atoms with Crippen LogP contribution in [0.3, 0.4) is 0 Å². The first-order chi connectivity index (χ1) is 10.1. The minimum Gasteiger partial charge on any atom is -0.394 e. The van der Waals surface area contributed by atoms with Crippen molar-refractivity contribution in [2.24, 2.45) is 10.2 Å². The van der Waals surface area contributed by atoms with Crippen molar-refractivity contribution >= 4 is 0 Å². The van der Waals surface area contributed by atoms with Crippen LogP contribution in [-0.2, 0) is 4.74 Å². The van der Waals surface area contributed by atoms with Crippen molar-refractivity contribution in [3.63, 3.8) is 0 Å². The van der Waals surface area contributed by atoms with Gasteiger partial charge in [-0.3, -0.25) is 14.3 Å². The fourth-order valence-corrected chi connectivity index (χ4v) is 1.45. The molecular weight excluding hydrogens is 284 g/mol. The smallest absolute Gasteiger partial charge is 0.330 e. The Kier molecular flexibility index (Phi) is 6.51. The molecule has 1 aromatic rings. The minimum atomic E-state index is -1.06. The SMILES string of the molecule is [N-]=[N+]=NC[C@@H](CO)O[C@H](CN=[N+]=[N-])n1ccc(=O)[nH]c1=O. The Morgan fingerprint density at radius 2 is 2.00 bits per heavy atom. The van der Waals surface area contributed by atoms with Crippen molar-refractivity contribution in [1.29, 1.82) is 0 Å². The summed E-state index contributed by atoms with van der Waals surface area (Å²) in [6, 6.07) is 1.09. The molecule has 0 aliphatic carbocycles. The molecule has 0 unspecified atom stereocenters. The van der Waals surface area contributed by atoms with Crippen LogP contribution in [0.5, 0.6) is 0 Å². The molecule has 1 aromatic heterocycles. The standard InChI is InChI=1S/C9H12N8O4/c10-15-12-3-6(5-18)21-8(4-13-16-11)17-2-1-7(19)14-9(17)20/h1-2,6,8,18H,3-5H2,(H,14,19,20)/t6-,8+/m0/s1. The van der Waals surface area contributed by atoms with E-state index >= 15 is 0 Å². The molecule has 0 radical (unpaired) electrons. The second-order valence-electron chi connectivity index (χ2n) is 3.74. The number of aliphatic hydroxyl groups is 1. The molecule has 0 bridgehead atoms. The molecule has 1 heterocycles. The van der Waals surface area contributed by atoms with Gasteiger partial charge in [0, 0.05) is 22.1 Å². The Bertz CT molecular complexity index is 669. The lowest BCUT2D eigenvalue weighted by Gasteiger charge is -2.22. The molecule has 0 saturated heterocycles. The maximum absolute atomic E-state index is 11.7. The van der Waals surface area contributed by atoms with E-state index in [-0.39, 0.29) is 13.1 Å². The van der Waals surface area contributed by atoms with Gasteiger partial charge in [0.1, 0.15) is 6.23 Å². The van der Waals surface area contributed by atoms with E-state index < -0.39 is 30.2 Å². The summed E-state index contributed by atoms with van der Waals surface area (Å²) in [4.78, 5) is 29.8. The average Bonchev–Trinajstić information content (AvgIpc) is 2.47. The van der Waals surface area contributed by atoms with Crippen molar-refractivity contribution in [3.05, 3.63) is 54.0 Å². The lowest BCUT2D eigenvalue weighted by molar-refractivity contribution is -0.0669. The zero-order valence-electron chi connectivity index (χ0n) is 10.7. The topological polar surface area (TPSA) is 182 Å². The molecule has 21 heavy (non-hydrogen) atoms. The summed E-state index contributed by atoms with van der Waals surface area (Å²) in [6.45, 7) is -0.892. The number of rotatable bonds is 8. The van der Waals surface area contributed by atoms with Gasteiger partial charge in [0.25, 0.3) is 5.56 Å². The lowest BCUT2D eigenvalue weighted by Crippen LogP contribution is -2.36. The number of aromatic nitrogens is 2. The highest BCUT2D eigenvalue weighted by Gasteiger charge is 2.18. The molecule has 0 spiro atoms. The molecule has 12 heteroatoms. The molecule has 0 saturated carbocycles. The van der Waals surface area contributed by atoms with Crippen LogP contribution in [0.2, 0.25) is 0 Å². The van der Waals surface area contributed by atoms with Crippen LogP contribution in [0.4, 0.5) is 0 Å². The molecule has 1 rings (SSSR count). The van der Waals surface area contributed by atoms with Gasteiger partial charge < -0.3 is 9.84 Å². The van der Waals surface area contributed by atoms with Gasteiger partial charge in [-0.05, 0) is 11.1 Å². The summed E-state index contributed by atoms with van der Waals surface area (Å²) < 4.78 is 6.37. The first-order valence-corrected chi connectivity index (χ1v) is 5.72. The number of hydrogen-bond acceptors (Lipinski definition) is 6. The second kappa shape index (κ2) is 8.40. The predicted molar refractivity (Wildman–Crippen MR) is 70.3 cm³/mol. The van der Waals surface area contributed by atoms with Crippen LogP contribution in [-0.4, -0.2) is 40.5 Å². The summed E-state index contributed by atoms with van der Waals surface area (Å²) in [5, 5.41) is 15.7. The quantitative estimate of drug-likeness (QED) is 0.390. The Hall–Kier alpha value is -2.78.